The van der Waals surface area contributed by atoms with Crippen LogP contribution < -0.4 is 5.32 Å². The summed E-state index contributed by atoms with van der Waals surface area (Å²) in [6, 6.07) is -0.787. The number of carboxylic acids is 1. The summed E-state index contributed by atoms with van der Waals surface area (Å²) in [7, 11) is 0. The molecule has 0 spiro atoms. The number of unbranched alkanes of at least 4 members (excludes halogenated alkanes) is 1. The molecule has 0 aliphatic carbocycles. The Hall–Kier alpha value is -1.47. The van der Waals surface area contributed by atoms with Gasteiger partial charge in [0.25, 0.3) is 0 Å². The van der Waals surface area contributed by atoms with Crippen molar-refractivity contribution in [3.05, 3.63) is 0 Å². The van der Waals surface area contributed by atoms with Gasteiger partial charge in [0.1, 0.15) is 6.54 Å². The van der Waals surface area contributed by atoms with E-state index in [1.807, 2.05) is 0 Å². The summed E-state index contributed by atoms with van der Waals surface area (Å²) < 4.78 is 36.3. The van der Waals surface area contributed by atoms with Crippen molar-refractivity contribution in [2.24, 2.45) is 0 Å². The quantitative estimate of drug-likeness (QED) is 0.693. The number of aliphatic carboxylic acids is 1. The minimum atomic E-state index is -4.42. The van der Waals surface area contributed by atoms with Crippen LogP contribution in [0.4, 0.5) is 18.0 Å². The highest BCUT2D eigenvalue weighted by atomic mass is 19.4. The molecule has 0 aliphatic rings. The molecule has 0 saturated carbocycles. The molecular weight excluding hydrogens is 253 g/mol. The molecule has 106 valence electrons. The molecule has 0 heterocycles. The molecule has 0 aromatic carbocycles. The van der Waals surface area contributed by atoms with Crippen molar-refractivity contribution in [1.82, 2.24) is 10.2 Å². The van der Waals surface area contributed by atoms with E-state index in [-0.39, 0.29) is 19.5 Å². The first-order valence-electron chi connectivity index (χ1n) is 5.57. The van der Waals surface area contributed by atoms with Gasteiger partial charge in [0.05, 0.1) is 0 Å². The highest BCUT2D eigenvalue weighted by molar-refractivity contribution is 5.74. The van der Waals surface area contributed by atoms with E-state index < -0.39 is 24.7 Å². The standard InChI is InChI=1S/C10H17F3N2O3/c1-2-15(7-10(11,12)13)9(18)14-6-4-3-5-8(16)17/h2-7H2,1H3,(H,14,18)(H,16,17). The number of hydrogen-bond donors (Lipinski definition) is 2. The molecule has 0 fully saturated rings. The lowest BCUT2D eigenvalue weighted by atomic mass is 10.2. The maximum Gasteiger partial charge on any atom is 0.406 e. The van der Waals surface area contributed by atoms with Gasteiger partial charge in [0, 0.05) is 19.5 Å². The number of rotatable bonds is 7. The topological polar surface area (TPSA) is 69.6 Å². The van der Waals surface area contributed by atoms with Crippen LogP contribution in [0.1, 0.15) is 26.2 Å². The van der Waals surface area contributed by atoms with Gasteiger partial charge in [0.15, 0.2) is 0 Å². The summed E-state index contributed by atoms with van der Waals surface area (Å²) >= 11 is 0. The lowest BCUT2D eigenvalue weighted by Crippen LogP contribution is -2.44. The van der Waals surface area contributed by atoms with Crippen LogP contribution in [0, 0.1) is 0 Å². The summed E-state index contributed by atoms with van der Waals surface area (Å²) in [5, 5.41) is 10.7. The number of nitrogens with zero attached hydrogens (tertiary/aromatic N) is 1. The van der Waals surface area contributed by atoms with Gasteiger partial charge in [-0.3, -0.25) is 4.79 Å². The third-order valence-corrected chi connectivity index (χ3v) is 2.13. The van der Waals surface area contributed by atoms with E-state index in [9.17, 15) is 22.8 Å². The smallest absolute Gasteiger partial charge is 0.406 e. The Bertz CT molecular complexity index is 282. The van der Waals surface area contributed by atoms with Crippen molar-refractivity contribution in [3.63, 3.8) is 0 Å². The minimum Gasteiger partial charge on any atom is -0.481 e. The van der Waals surface area contributed by atoms with Gasteiger partial charge in [-0.2, -0.15) is 13.2 Å². The van der Waals surface area contributed by atoms with Crippen molar-refractivity contribution < 1.29 is 27.9 Å². The minimum absolute atomic E-state index is 0.0179. The van der Waals surface area contributed by atoms with Gasteiger partial charge in [-0.25, -0.2) is 4.79 Å². The number of carbonyl (C=O) groups is 2. The normalized spacial score (nSPS) is 11.1. The van der Waals surface area contributed by atoms with Crippen molar-refractivity contribution in [2.45, 2.75) is 32.4 Å². The molecule has 0 atom stereocenters. The first-order valence-corrected chi connectivity index (χ1v) is 5.57. The fraction of sp³-hybridized carbons (Fsp3) is 0.800. The second kappa shape index (κ2) is 7.78. The highest BCUT2D eigenvalue weighted by Crippen LogP contribution is 2.16. The van der Waals surface area contributed by atoms with Gasteiger partial charge < -0.3 is 15.3 Å². The molecule has 2 amide bonds. The Morgan fingerprint density at radius 2 is 1.89 bits per heavy atom. The fourth-order valence-electron chi connectivity index (χ4n) is 1.25. The van der Waals surface area contributed by atoms with E-state index in [1.165, 1.54) is 6.92 Å². The van der Waals surface area contributed by atoms with Crippen LogP contribution >= 0.6 is 0 Å². The number of halogens is 3. The van der Waals surface area contributed by atoms with E-state index >= 15 is 0 Å². The zero-order chi connectivity index (χ0) is 14.2. The molecule has 2 N–H and O–H groups in total. The Morgan fingerprint density at radius 3 is 2.33 bits per heavy atom. The van der Waals surface area contributed by atoms with Crippen molar-refractivity contribution in [2.75, 3.05) is 19.6 Å². The summed E-state index contributed by atoms with van der Waals surface area (Å²) in [5.41, 5.74) is 0. The molecule has 0 bridgehead atoms. The Kier molecular flexibility index (Phi) is 7.14. The van der Waals surface area contributed by atoms with E-state index in [0.29, 0.717) is 17.7 Å². The highest BCUT2D eigenvalue weighted by Gasteiger charge is 2.32. The fourth-order valence-corrected chi connectivity index (χ4v) is 1.25. The molecule has 8 heteroatoms. The van der Waals surface area contributed by atoms with Crippen LogP contribution in [0.3, 0.4) is 0 Å². The number of amides is 2. The summed E-state index contributed by atoms with van der Waals surface area (Å²) in [4.78, 5) is 22.2. The summed E-state index contributed by atoms with van der Waals surface area (Å²) in [6.45, 7) is 0.293. The molecule has 18 heavy (non-hydrogen) atoms. The average Bonchev–Trinajstić information content (AvgIpc) is 2.23. The van der Waals surface area contributed by atoms with Gasteiger partial charge >= 0.3 is 18.2 Å². The van der Waals surface area contributed by atoms with Gasteiger partial charge in [-0.05, 0) is 19.8 Å². The Morgan fingerprint density at radius 1 is 1.28 bits per heavy atom. The second-order valence-corrected chi connectivity index (χ2v) is 3.71. The summed E-state index contributed by atoms with van der Waals surface area (Å²) in [6.07, 6.45) is -3.64. The van der Waals surface area contributed by atoms with Crippen molar-refractivity contribution in [1.29, 1.82) is 0 Å². The molecule has 0 saturated heterocycles. The predicted molar refractivity (Wildman–Crippen MR) is 58.2 cm³/mol. The van der Waals surface area contributed by atoms with Gasteiger partial charge in [-0.15, -0.1) is 0 Å². The monoisotopic (exact) mass is 270 g/mol. The number of alkyl halides is 3. The molecule has 0 aromatic rings. The summed E-state index contributed by atoms with van der Waals surface area (Å²) in [5.74, 6) is -0.936. The largest absolute Gasteiger partial charge is 0.481 e. The van der Waals surface area contributed by atoms with Crippen LogP contribution in [0.2, 0.25) is 0 Å². The lowest BCUT2D eigenvalue weighted by molar-refractivity contribution is -0.140. The van der Waals surface area contributed by atoms with Crippen LogP contribution in [0.15, 0.2) is 0 Å². The zero-order valence-electron chi connectivity index (χ0n) is 10.1. The maximum absolute atomic E-state index is 12.1. The Balaban J connectivity index is 3.88. The molecule has 0 unspecified atom stereocenters. The number of carbonyl (C=O) groups excluding carboxylic acids is 1. The molecular formula is C10H17F3N2O3. The van der Waals surface area contributed by atoms with E-state index in [2.05, 4.69) is 5.32 Å². The molecule has 0 aliphatic heterocycles. The number of nitrogens with one attached hydrogen (secondary N) is 1. The molecule has 0 aromatic heterocycles. The van der Waals surface area contributed by atoms with E-state index in [1.54, 1.807) is 0 Å². The third-order valence-electron chi connectivity index (χ3n) is 2.13. The number of urea groups is 1. The molecule has 0 rings (SSSR count). The van der Waals surface area contributed by atoms with Crippen LogP contribution in [0.5, 0.6) is 0 Å². The van der Waals surface area contributed by atoms with Crippen molar-refractivity contribution >= 4 is 12.0 Å². The Labute approximate surface area is 103 Å². The zero-order valence-corrected chi connectivity index (χ0v) is 10.1. The second-order valence-electron chi connectivity index (χ2n) is 3.71. The van der Waals surface area contributed by atoms with Crippen LogP contribution in [-0.4, -0.2) is 47.8 Å². The lowest BCUT2D eigenvalue weighted by Gasteiger charge is -2.22. The first kappa shape index (κ1) is 16.5. The van der Waals surface area contributed by atoms with Gasteiger partial charge in [0.2, 0.25) is 0 Å². The SMILES string of the molecule is CCN(CC(F)(F)F)C(=O)NCCCCC(=O)O. The molecule has 5 nitrogen and oxygen atoms in total. The first-order chi connectivity index (χ1) is 8.26. The number of hydrogen-bond acceptors (Lipinski definition) is 2. The van der Waals surface area contributed by atoms with Crippen LogP contribution in [-0.2, 0) is 4.79 Å². The van der Waals surface area contributed by atoms with E-state index in [0.717, 1.165) is 0 Å². The number of carboxylic acid groups (broad SMARTS) is 1. The van der Waals surface area contributed by atoms with Crippen molar-refractivity contribution in [3.8, 4) is 0 Å². The van der Waals surface area contributed by atoms with Crippen LogP contribution in [0.25, 0.3) is 0 Å². The van der Waals surface area contributed by atoms with Gasteiger partial charge in [-0.1, -0.05) is 0 Å². The molecule has 0 radical (unpaired) electrons. The predicted octanol–water partition coefficient (Wildman–Crippen LogP) is 1.84. The average molecular weight is 270 g/mol. The maximum atomic E-state index is 12.1. The third kappa shape index (κ3) is 8.66. The van der Waals surface area contributed by atoms with E-state index in [4.69, 9.17) is 5.11 Å².